The molecule has 0 aliphatic carbocycles. The molecule has 0 unspecified atom stereocenters. The summed E-state index contributed by atoms with van der Waals surface area (Å²) in [4.78, 5) is 0. The average molecular weight is 254 g/mol. The average Bonchev–Trinajstić information content (AvgIpc) is 2.46. The Bertz CT molecular complexity index is 570. The Kier molecular flexibility index (Phi) is 4.26. The summed E-state index contributed by atoms with van der Waals surface area (Å²) in [6, 6.07) is 12.6. The lowest BCUT2D eigenvalue weighted by Crippen LogP contribution is -1.95. The zero-order chi connectivity index (χ0) is 13.8. The van der Waals surface area contributed by atoms with Gasteiger partial charge in [0, 0.05) is 5.56 Å². The first-order valence-corrected chi connectivity index (χ1v) is 7.14. The third kappa shape index (κ3) is 2.51. The smallest absolute Gasteiger partial charge is 0.126 e. The Morgan fingerprint density at radius 2 is 1.32 bits per heavy atom. The van der Waals surface area contributed by atoms with Gasteiger partial charge in [-0.05, 0) is 41.5 Å². The molecule has 0 bridgehead atoms. The number of aromatic hydroxyl groups is 1. The number of phenolic OH excluding ortho intramolecular Hbond substituents is 1. The summed E-state index contributed by atoms with van der Waals surface area (Å²) in [5.74, 6) is 0.461. The monoisotopic (exact) mass is 254 g/mol. The molecular weight excluding hydrogens is 232 g/mol. The third-order valence-corrected chi connectivity index (χ3v) is 3.78. The summed E-state index contributed by atoms with van der Waals surface area (Å²) < 4.78 is 0. The van der Waals surface area contributed by atoms with E-state index in [1.165, 1.54) is 16.7 Å². The number of hydrogen-bond donors (Lipinski definition) is 1. The van der Waals surface area contributed by atoms with Crippen molar-refractivity contribution in [2.75, 3.05) is 0 Å². The minimum absolute atomic E-state index is 0.461. The van der Waals surface area contributed by atoms with Gasteiger partial charge in [-0.1, -0.05) is 57.2 Å². The van der Waals surface area contributed by atoms with Crippen molar-refractivity contribution in [2.24, 2.45) is 0 Å². The summed E-state index contributed by atoms with van der Waals surface area (Å²) in [7, 11) is 0. The largest absolute Gasteiger partial charge is 0.507 e. The SMILES string of the molecule is CCc1ccccc1-c1c(CC)ccc(CC)c1O. The van der Waals surface area contributed by atoms with E-state index in [0.717, 1.165) is 30.4 Å². The van der Waals surface area contributed by atoms with E-state index < -0.39 is 0 Å². The van der Waals surface area contributed by atoms with Gasteiger partial charge in [0.05, 0.1) is 0 Å². The van der Waals surface area contributed by atoms with Crippen molar-refractivity contribution in [3.05, 3.63) is 53.1 Å². The van der Waals surface area contributed by atoms with E-state index in [4.69, 9.17) is 0 Å². The lowest BCUT2D eigenvalue weighted by molar-refractivity contribution is 0.470. The summed E-state index contributed by atoms with van der Waals surface area (Å²) >= 11 is 0. The second-order valence-electron chi connectivity index (χ2n) is 4.83. The van der Waals surface area contributed by atoms with Crippen LogP contribution in [0.1, 0.15) is 37.5 Å². The van der Waals surface area contributed by atoms with E-state index in [2.05, 4.69) is 45.0 Å². The topological polar surface area (TPSA) is 20.2 Å². The van der Waals surface area contributed by atoms with E-state index in [9.17, 15) is 5.11 Å². The first-order valence-electron chi connectivity index (χ1n) is 7.14. The predicted molar refractivity (Wildman–Crippen MR) is 81.7 cm³/mol. The van der Waals surface area contributed by atoms with Crippen molar-refractivity contribution in [3.8, 4) is 16.9 Å². The Morgan fingerprint density at radius 1 is 0.737 bits per heavy atom. The van der Waals surface area contributed by atoms with Gasteiger partial charge in [0.25, 0.3) is 0 Å². The molecule has 0 atom stereocenters. The van der Waals surface area contributed by atoms with Crippen LogP contribution in [0.25, 0.3) is 11.1 Å². The highest BCUT2D eigenvalue weighted by atomic mass is 16.3. The van der Waals surface area contributed by atoms with Gasteiger partial charge in [-0.25, -0.2) is 0 Å². The standard InChI is InChI=1S/C18H22O/c1-4-13-9-7-8-10-16(13)17-14(5-2)11-12-15(6-3)18(17)19/h7-12,19H,4-6H2,1-3H3. The van der Waals surface area contributed by atoms with Gasteiger partial charge in [-0.2, -0.15) is 0 Å². The normalized spacial score (nSPS) is 10.7. The first kappa shape index (κ1) is 13.7. The van der Waals surface area contributed by atoms with Crippen molar-refractivity contribution >= 4 is 0 Å². The maximum atomic E-state index is 10.6. The predicted octanol–water partition coefficient (Wildman–Crippen LogP) is 4.75. The van der Waals surface area contributed by atoms with Crippen molar-refractivity contribution in [1.82, 2.24) is 0 Å². The molecule has 100 valence electrons. The van der Waals surface area contributed by atoms with E-state index in [1.807, 2.05) is 12.1 Å². The van der Waals surface area contributed by atoms with Crippen LogP contribution >= 0.6 is 0 Å². The highest BCUT2D eigenvalue weighted by molar-refractivity contribution is 5.77. The maximum Gasteiger partial charge on any atom is 0.126 e. The molecule has 2 aromatic carbocycles. The van der Waals surface area contributed by atoms with Gasteiger partial charge in [-0.3, -0.25) is 0 Å². The molecule has 0 aliphatic rings. The number of hydrogen-bond acceptors (Lipinski definition) is 1. The zero-order valence-electron chi connectivity index (χ0n) is 12.0. The van der Waals surface area contributed by atoms with Crippen LogP contribution in [0.5, 0.6) is 5.75 Å². The fourth-order valence-corrected chi connectivity index (χ4v) is 2.63. The lowest BCUT2D eigenvalue weighted by atomic mass is 9.90. The van der Waals surface area contributed by atoms with Crippen LogP contribution in [-0.2, 0) is 19.3 Å². The summed E-state index contributed by atoms with van der Waals surface area (Å²) in [5, 5.41) is 10.6. The van der Waals surface area contributed by atoms with Gasteiger partial charge >= 0.3 is 0 Å². The Morgan fingerprint density at radius 3 is 1.95 bits per heavy atom. The fraction of sp³-hybridized carbons (Fsp3) is 0.333. The van der Waals surface area contributed by atoms with E-state index in [0.29, 0.717) is 5.75 Å². The van der Waals surface area contributed by atoms with Gasteiger partial charge in [0.1, 0.15) is 5.75 Å². The molecule has 0 aromatic heterocycles. The van der Waals surface area contributed by atoms with Gasteiger partial charge < -0.3 is 5.11 Å². The van der Waals surface area contributed by atoms with Gasteiger partial charge in [-0.15, -0.1) is 0 Å². The van der Waals surface area contributed by atoms with E-state index >= 15 is 0 Å². The van der Waals surface area contributed by atoms with Crippen molar-refractivity contribution in [3.63, 3.8) is 0 Å². The molecular formula is C18H22O. The number of benzene rings is 2. The highest BCUT2D eigenvalue weighted by Gasteiger charge is 2.14. The summed E-state index contributed by atoms with van der Waals surface area (Å²) in [6.45, 7) is 6.37. The van der Waals surface area contributed by atoms with Crippen molar-refractivity contribution < 1.29 is 5.11 Å². The molecule has 0 amide bonds. The fourth-order valence-electron chi connectivity index (χ4n) is 2.63. The molecule has 0 saturated heterocycles. The Labute approximate surface area is 115 Å². The Hall–Kier alpha value is -1.76. The van der Waals surface area contributed by atoms with Crippen molar-refractivity contribution in [1.29, 1.82) is 0 Å². The molecule has 0 saturated carbocycles. The lowest BCUT2D eigenvalue weighted by Gasteiger charge is -2.16. The molecule has 1 nitrogen and oxygen atoms in total. The van der Waals surface area contributed by atoms with Gasteiger partial charge in [0.15, 0.2) is 0 Å². The van der Waals surface area contributed by atoms with Crippen LogP contribution in [0.4, 0.5) is 0 Å². The molecule has 2 rings (SSSR count). The van der Waals surface area contributed by atoms with Crippen LogP contribution < -0.4 is 0 Å². The van der Waals surface area contributed by atoms with Crippen LogP contribution in [-0.4, -0.2) is 5.11 Å². The molecule has 19 heavy (non-hydrogen) atoms. The zero-order valence-corrected chi connectivity index (χ0v) is 12.0. The quantitative estimate of drug-likeness (QED) is 0.835. The Balaban J connectivity index is 2.72. The van der Waals surface area contributed by atoms with Crippen LogP contribution in [0.2, 0.25) is 0 Å². The number of rotatable bonds is 4. The molecule has 0 spiro atoms. The molecule has 0 radical (unpaired) electrons. The van der Waals surface area contributed by atoms with Crippen LogP contribution in [0.3, 0.4) is 0 Å². The molecule has 2 aromatic rings. The minimum atomic E-state index is 0.461. The first-order chi connectivity index (χ1) is 9.22. The molecule has 0 fully saturated rings. The van der Waals surface area contributed by atoms with Gasteiger partial charge in [0.2, 0.25) is 0 Å². The summed E-state index contributed by atoms with van der Waals surface area (Å²) in [6.07, 6.45) is 2.77. The van der Waals surface area contributed by atoms with E-state index in [-0.39, 0.29) is 0 Å². The second-order valence-corrected chi connectivity index (χ2v) is 4.83. The molecule has 0 aliphatic heterocycles. The summed E-state index contributed by atoms with van der Waals surface area (Å²) in [5.41, 5.74) is 5.74. The number of aryl methyl sites for hydroxylation is 3. The third-order valence-electron chi connectivity index (χ3n) is 3.78. The number of phenols is 1. The second kappa shape index (κ2) is 5.92. The molecule has 0 heterocycles. The van der Waals surface area contributed by atoms with Crippen molar-refractivity contribution in [2.45, 2.75) is 40.0 Å². The maximum absolute atomic E-state index is 10.6. The van der Waals surface area contributed by atoms with Crippen LogP contribution in [0.15, 0.2) is 36.4 Å². The van der Waals surface area contributed by atoms with E-state index in [1.54, 1.807) is 0 Å². The van der Waals surface area contributed by atoms with Crippen LogP contribution in [0, 0.1) is 0 Å². The highest BCUT2D eigenvalue weighted by Crippen LogP contribution is 2.38. The molecule has 1 heteroatoms. The molecule has 1 N–H and O–H groups in total. The minimum Gasteiger partial charge on any atom is -0.507 e.